The number of hydrogen-bond acceptors (Lipinski definition) is 4. The topological polar surface area (TPSA) is 60.9 Å². The van der Waals surface area contributed by atoms with Gasteiger partial charge in [-0.25, -0.2) is 8.42 Å². The Hall–Kier alpha value is -3.00. The van der Waals surface area contributed by atoms with E-state index >= 15 is 0 Å². The van der Waals surface area contributed by atoms with Crippen molar-refractivity contribution in [3.05, 3.63) is 102 Å². The summed E-state index contributed by atoms with van der Waals surface area (Å²) in [6, 6.07) is 28.4. The lowest BCUT2D eigenvalue weighted by molar-refractivity contribution is -0.133. The third-order valence-electron chi connectivity index (χ3n) is 7.77. The van der Waals surface area contributed by atoms with E-state index in [-0.39, 0.29) is 11.9 Å². The van der Waals surface area contributed by atoms with Gasteiger partial charge in [0.05, 0.1) is 10.9 Å². The van der Waals surface area contributed by atoms with Crippen molar-refractivity contribution in [2.75, 3.05) is 39.3 Å². The van der Waals surface area contributed by atoms with Crippen LogP contribution in [0.25, 0.3) is 0 Å². The van der Waals surface area contributed by atoms with Gasteiger partial charge >= 0.3 is 0 Å². The first kappa shape index (κ1) is 26.6. The SMILES string of the molecule is O=C(CCc1ccc(S(=O)(=O)N2CCCCC2)cc1)N1CCN(C(c2ccccc2)c2ccccc2)CC1. The van der Waals surface area contributed by atoms with E-state index in [2.05, 4.69) is 53.4 Å². The lowest BCUT2D eigenvalue weighted by Gasteiger charge is -2.40. The van der Waals surface area contributed by atoms with Crippen molar-refractivity contribution >= 4 is 15.9 Å². The summed E-state index contributed by atoms with van der Waals surface area (Å²) in [5, 5.41) is 0. The molecule has 0 atom stereocenters. The van der Waals surface area contributed by atoms with E-state index in [4.69, 9.17) is 0 Å². The second-order valence-corrected chi connectivity index (χ2v) is 12.2. The number of hydrogen-bond donors (Lipinski definition) is 0. The van der Waals surface area contributed by atoms with Crippen molar-refractivity contribution < 1.29 is 13.2 Å². The Labute approximate surface area is 226 Å². The average Bonchev–Trinajstić information content (AvgIpc) is 2.98. The molecule has 1 amide bonds. The molecular formula is C31H37N3O3S. The maximum Gasteiger partial charge on any atom is 0.243 e. The van der Waals surface area contributed by atoms with Crippen LogP contribution >= 0.6 is 0 Å². The van der Waals surface area contributed by atoms with Gasteiger partial charge in [-0.3, -0.25) is 9.69 Å². The Morgan fingerprint density at radius 1 is 0.684 bits per heavy atom. The predicted molar refractivity (Wildman–Crippen MR) is 150 cm³/mol. The van der Waals surface area contributed by atoms with Crippen LogP contribution in [0.15, 0.2) is 89.8 Å². The fourth-order valence-corrected chi connectivity index (χ4v) is 7.12. The molecule has 0 spiro atoms. The maximum atomic E-state index is 13.0. The minimum absolute atomic E-state index is 0.158. The van der Waals surface area contributed by atoms with Gasteiger partial charge in [0.2, 0.25) is 15.9 Å². The summed E-state index contributed by atoms with van der Waals surface area (Å²) in [6.45, 7) is 4.27. The number of piperidine rings is 1. The van der Waals surface area contributed by atoms with Gasteiger partial charge < -0.3 is 4.90 Å². The number of sulfonamides is 1. The molecule has 6 nitrogen and oxygen atoms in total. The lowest BCUT2D eigenvalue weighted by atomic mass is 9.96. The van der Waals surface area contributed by atoms with Gasteiger partial charge in [0.15, 0.2) is 0 Å². The Kier molecular flexibility index (Phi) is 8.57. The zero-order valence-electron chi connectivity index (χ0n) is 21.9. The zero-order chi connectivity index (χ0) is 26.4. The minimum Gasteiger partial charge on any atom is -0.340 e. The summed E-state index contributed by atoms with van der Waals surface area (Å²) >= 11 is 0. The van der Waals surface area contributed by atoms with Crippen LogP contribution in [0.5, 0.6) is 0 Å². The average molecular weight is 532 g/mol. The Morgan fingerprint density at radius 2 is 1.24 bits per heavy atom. The summed E-state index contributed by atoms with van der Waals surface area (Å²) < 4.78 is 27.4. The normalized spacial score (nSPS) is 17.6. The molecule has 0 aromatic heterocycles. The molecule has 2 aliphatic rings. The molecule has 2 aliphatic heterocycles. The van der Waals surface area contributed by atoms with E-state index in [0.717, 1.165) is 37.9 Å². The number of amides is 1. The number of carbonyl (C=O) groups is 1. The predicted octanol–water partition coefficient (Wildman–Crippen LogP) is 4.73. The van der Waals surface area contributed by atoms with Crippen molar-refractivity contribution in [2.24, 2.45) is 0 Å². The Morgan fingerprint density at radius 3 is 1.79 bits per heavy atom. The molecule has 200 valence electrons. The largest absolute Gasteiger partial charge is 0.340 e. The van der Waals surface area contributed by atoms with Gasteiger partial charge in [0.25, 0.3) is 0 Å². The van der Waals surface area contributed by atoms with Gasteiger partial charge in [0, 0.05) is 45.7 Å². The molecule has 0 aliphatic carbocycles. The summed E-state index contributed by atoms with van der Waals surface area (Å²) in [4.78, 5) is 17.8. The van der Waals surface area contributed by atoms with Crippen molar-refractivity contribution in [3.8, 4) is 0 Å². The highest BCUT2D eigenvalue weighted by Crippen LogP contribution is 2.29. The fraction of sp³-hybridized carbons (Fsp3) is 0.387. The molecule has 7 heteroatoms. The molecule has 0 bridgehead atoms. The van der Waals surface area contributed by atoms with Crippen LogP contribution in [-0.2, 0) is 21.2 Å². The summed E-state index contributed by atoms with van der Waals surface area (Å²) in [7, 11) is -3.43. The first-order valence-electron chi connectivity index (χ1n) is 13.7. The monoisotopic (exact) mass is 531 g/mol. The second kappa shape index (κ2) is 12.2. The van der Waals surface area contributed by atoms with E-state index in [0.29, 0.717) is 43.9 Å². The van der Waals surface area contributed by atoms with Gasteiger partial charge in [-0.15, -0.1) is 0 Å². The number of rotatable bonds is 8. The maximum absolute atomic E-state index is 13.0. The highest BCUT2D eigenvalue weighted by Gasteiger charge is 2.28. The zero-order valence-corrected chi connectivity index (χ0v) is 22.7. The van der Waals surface area contributed by atoms with E-state index in [1.165, 1.54) is 11.1 Å². The molecule has 3 aromatic carbocycles. The summed E-state index contributed by atoms with van der Waals surface area (Å²) in [5.41, 5.74) is 3.52. The molecule has 3 aromatic rings. The van der Waals surface area contributed by atoms with E-state index in [1.54, 1.807) is 16.4 Å². The number of piperazine rings is 1. The molecule has 2 heterocycles. The molecule has 0 N–H and O–H groups in total. The fourth-order valence-electron chi connectivity index (χ4n) is 5.61. The van der Waals surface area contributed by atoms with Crippen LogP contribution < -0.4 is 0 Å². The lowest BCUT2D eigenvalue weighted by Crippen LogP contribution is -2.49. The third-order valence-corrected chi connectivity index (χ3v) is 9.68. The van der Waals surface area contributed by atoms with Crippen LogP contribution in [0.3, 0.4) is 0 Å². The van der Waals surface area contributed by atoms with Crippen molar-refractivity contribution in [1.82, 2.24) is 14.1 Å². The van der Waals surface area contributed by atoms with Gasteiger partial charge in [-0.2, -0.15) is 4.31 Å². The van der Waals surface area contributed by atoms with Crippen LogP contribution in [-0.4, -0.2) is 67.7 Å². The van der Waals surface area contributed by atoms with Crippen LogP contribution in [0.4, 0.5) is 0 Å². The molecule has 0 unspecified atom stereocenters. The number of carbonyl (C=O) groups excluding carboxylic acids is 1. The Bertz CT molecular complexity index is 1240. The number of aryl methyl sites for hydroxylation is 1. The second-order valence-electron chi connectivity index (χ2n) is 10.2. The summed E-state index contributed by atoms with van der Waals surface area (Å²) in [5.74, 6) is 0.158. The highest BCUT2D eigenvalue weighted by atomic mass is 32.2. The van der Waals surface area contributed by atoms with Crippen molar-refractivity contribution in [3.63, 3.8) is 0 Å². The Balaban J connectivity index is 1.15. The standard InChI is InChI=1S/C31H37N3O3S/c35-30(19-16-26-14-17-29(18-15-26)38(36,37)34-20-8-3-9-21-34)32-22-24-33(25-23-32)31(27-10-4-1-5-11-27)28-12-6-2-7-13-28/h1-2,4-7,10-15,17-18,31H,3,8-9,16,19-25H2. The minimum atomic E-state index is -3.43. The number of nitrogens with zero attached hydrogens (tertiary/aromatic N) is 3. The third kappa shape index (κ3) is 6.17. The molecule has 38 heavy (non-hydrogen) atoms. The van der Waals surface area contributed by atoms with E-state index in [9.17, 15) is 13.2 Å². The number of benzene rings is 3. The first-order chi connectivity index (χ1) is 18.5. The van der Waals surface area contributed by atoms with Crippen LogP contribution in [0.2, 0.25) is 0 Å². The van der Waals surface area contributed by atoms with Gasteiger partial charge in [-0.1, -0.05) is 79.2 Å². The van der Waals surface area contributed by atoms with Gasteiger partial charge in [-0.05, 0) is 48.1 Å². The molecule has 5 rings (SSSR count). The first-order valence-corrected chi connectivity index (χ1v) is 15.2. The van der Waals surface area contributed by atoms with E-state index in [1.807, 2.05) is 29.2 Å². The van der Waals surface area contributed by atoms with E-state index < -0.39 is 10.0 Å². The summed E-state index contributed by atoms with van der Waals surface area (Å²) in [6.07, 6.45) is 3.98. The van der Waals surface area contributed by atoms with Crippen molar-refractivity contribution in [2.45, 2.75) is 43.0 Å². The van der Waals surface area contributed by atoms with Gasteiger partial charge in [0.1, 0.15) is 0 Å². The molecule has 2 saturated heterocycles. The highest BCUT2D eigenvalue weighted by molar-refractivity contribution is 7.89. The molecular weight excluding hydrogens is 494 g/mol. The molecule has 0 saturated carbocycles. The smallest absolute Gasteiger partial charge is 0.243 e. The quantitative estimate of drug-likeness (QED) is 0.422. The molecule has 0 radical (unpaired) electrons. The van der Waals surface area contributed by atoms with Crippen molar-refractivity contribution in [1.29, 1.82) is 0 Å². The van der Waals surface area contributed by atoms with Crippen LogP contribution in [0.1, 0.15) is 48.4 Å². The molecule has 2 fully saturated rings. The van der Waals surface area contributed by atoms with Crippen LogP contribution in [0, 0.1) is 0 Å².